The van der Waals surface area contributed by atoms with E-state index in [0.717, 1.165) is 13.3 Å². The first-order valence-electron chi connectivity index (χ1n) is 3.98. The summed E-state index contributed by atoms with van der Waals surface area (Å²) in [6.45, 7) is 0.928. The first-order valence-corrected chi connectivity index (χ1v) is 3.98. The van der Waals surface area contributed by atoms with Crippen LogP contribution >= 0.6 is 0 Å². The molecule has 1 unspecified atom stereocenters. The Morgan fingerprint density at radius 2 is 2.15 bits per heavy atom. The summed E-state index contributed by atoms with van der Waals surface area (Å²) in [6.07, 6.45) is -1.36. The number of hydrogen-bond acceptors (Lipinski definition) is 1. The molecule has 1 aliphatic rings. The average molecular weight is 193 g/mol. The zero-order valence-corrected chi connectivity index (χ0v) is 7.11. The van der Waals surface area contributed by atoms with Crippen molar-refractivity contribution in [2.45, 2.75) is 32.0 Å². The van der Waals surface area contributed by atoms with E-state index >= 15 is 0 Å². The van der Waals surface area contributed by atoms with E-state index in [4.69, 9.17) is 0 Å². The number of hydrogen-bond donors (Lipinski definition) is 1. The molecule has 0 aromatic rings. The molecule has 1 aliphatic carbocycles. The Balaban J connectivity index is 2.44. The van der Waals surface area contributed by atoms with Crippen molar-refractivity contribution in [2.24, 2.45) is 0 Å². The van der Waals surface area contributed by atoms with Crippen LogP contribution in [0.4, 0.5) is 13.2 Å². The SMILES string of the molecule is CC(NC(=O)C1=CCC1)C(F)(F)F. The number of carbonyl (C=O) groups excluding carboxylic acids is 1. The molecule has 0 aliphatic heterocycles. The van der Waals surface area contributed by atoms with Gasteiger partial charge in [-0.3, -0.25) is 4.79 Å². The van der Waals surface area contributed by atoms with Crippen molar-refractivity contribution in [2.75, 3.05) is 0 Å². The molecule has 0 aromatic heterocycles. The van der Waals surface area contributed by atoms with Crippen LogP contribution in [0.15, 0.2) is 11.6 Å². The van der Waals surface area contributed by atoms with Crippen molar-refractivity contribution in [3.05, 3.63) is 11.6 Å². The lowest BCUT2D eigenvalue weighted by atomic mass is 9.98. The van der Waals surface area contributed by atoms with Crippen LogP contribution in [0.1, 0.15) is 19.8 Å². The molecule has 5 heteroatoms. The summed E-state index contributed by atoms with van der Waals surface area (Å²) in [5.74, 6) is -0.601. The molecule has 0 fully saturated rings. The number of carbonyl (C=O) groups is 1. The molecule has 1 amide bonds. The summed E-state index contributed by atoms with van der Waals surface area (Å²) in [4.78, 5) is 11.0. The van der Waals surface area contributed by atoms with E-state index in [0.29, 0.717) is 12.0 Å². The van der Waals surface area contributed by atoms with E-state index in [1.165, 1.54) is 0 Å². The number of amides is 1. The van der Waals surface area contributed by atoms with Crippen LogP contribution in [0.2, 0.25) is 0 Å². The van der Waals surface area contributed by atoms with E-state index in [2.05, 4.69) is 0 Å². The van der Waals surface area contributed by atoms with Gasteiger partial charge in [0.1, 0.15) is 6.04 Å². The molecule has 0 bridgehead atoms. The standard InChI is InChI=1S/C8H10F3NO/c1-5(8(9,10)11)12-7(13)6-3-2-4-6/h3,5H,2,4H2,1H3,(H,12,13). The van der Waals surface area contributed by atoms with Crippen LogP contribution < -0.4 is 5.32 Å². The van der Waals surface area contributed by atoms with Gasteiger partial charge in [-0.1, -0.05) is 6.08 Å². The number of alkyl halides is 3. The summed E-state index contributed by atoms with van der Waals surface area (Å²) < 4.78 is 35.9. The van der Waals surface area contributed by atoms with Gasteiger partial charge in [0.2, 0.25) is 5.91 Å². The lowest BCUT2D eigenvalue weighted by molar-refractivity contribution is -0.157. The van der Waals surface area contributed by atoms with E-state index in [-0.39, 0.29) is 0 Å². The van der Waals surface area contributed by atoms with Gasteiger partial charge in [0.05, 0.1) is 0 Å². The Labute approximate surface area is 73.8 Å². The maximum absolute atomic E-state index is 12.0. The average Bonchev–Trinajstić information content (AvgIpc) is 1.79. The van der Waals surface area contributed by atoms with Crippen LogP contribution in [0.25, 0.3) is 0 Å². The Hall–Kier alpha value is -1.00. The fourth-order valence-electron chi connectivity index (χ4n) is 0.866. The normalized spacial score (nSPS) is 18.6. The molecule has 1 atom stereocenters. The maximum Gasteiger partial charge on any atom is 0.408 e. The third-order valence-electron chi connectivity index (χ3n) is 1.93. The van der Waals surface area contributed by atoms with Crippen LogP contribution in [0.3, 0.4) is 0 Å². The minimum absolute atomic E-state index is 0.455. The van der Waals surface area contributed by atoms with Gasteiger partial charge in [-0.15, -0.1) is 0 Å². The van der Waals surface area contributed by atoms with Gasteiger partial charge >= 0.3 is 6.18 Å². The summed E-state index contributed by atoms with van der Waals surface area (Å²) in [5.41, 5.74) is 0.455. The Morgan fingerprint density at radius 3 is 2.46 bits per heavy atom. The number of allylic oxidation sites excluding steroid dienone is 1. The van der Waals surface area contributed by atoms with Gasteiger partial charge in [0.15, 0.2) is 0 Å². The Bertz CT molecular complexity index is 244. The maximum atomic E-state index is 12.0. The molecule has 1 N–H and O–H groups in total. The Kier molecular flexibility index (Phi) is 2.63. The predicted octanol–water partition coefficient (Wildman–Crippen LogP) is 1.77. The highest BCUT2D eigenvalue weighted by Gasteiger charge is 2.37. The second kappa shape index (κ2) is 3.40. The molecule has 0 heterocycles. The summed E-state index contributed by atoms with van der Waals surface area (Å²) >= 11 is 0. The first-order chi connectivity index (χ1) is 5.91. The fraction of sp³-hybridized carbons (Fsp3) is 0.625. The van der Waals surface area contributed by atoms with Crippen molar-refractivity contribution in [3.63, 3.8) is 0 Å². The van der Waals surface area contributed by atoms with E-state index < -0.39 is 18.1 Å². The highest BCUT2D eigenvalue weighted by atomic mass is 19.4. The smallest absolute Gasteiger partial charge is 0.341 e. The van der Waals surface area contributed by atoms with Crippen LogP contribution in [-0.4, -0.2) is 18.1 Å². The highest BCUT2D eigenvalue weighted by Crippen LogP contribution is 2.22. The third kappa shape index (κ3) is 2.47. The molecule has 74 valence electrons. The van der Waals surface area contributed by atoms with Crippen molar-refractivity contribution in [3.8, 4) is 0 Å². The molecule has 0 saturated heterocycles. The van der Waals surface area contributed by atoms with Gasteiger partial charge in [-0.2, -0.15) is 13.2 Å². The predicted molar refractivity (Wildman–Crippen MR) is 41.0 cm³/mol. The third-order valence-corrected chi connectivity index (χ3v) is 1.93. The van der Waals surface area contributed by atoms with Crippen molar-refractivity contribution in [1.82, 2.24) is 5.32 Å². The van der Waals surface area contributed by atoms with E-state index in [1.807, 2.05) is 5.32 Å². The summed E-state index contributed by atoms with van der Waals surface area (Å²) in [6, 6.07) is -1.78. The van der Waals surface area contributed by atoms with Gasteiger partial charge in [0.25, 0.3) is 0 Å². The Morgan fingerprint density at radius 1 is 1.62 bits per heavy atom. The quantitative estimate of drug-likeness (QED) is 0.711. The van der Waals surface area contributed by atoms with Crippen molar-refractivity contribution < 1.29 is 18.0 Å². The molecular weight excluding hydrogens is 183 g/mol. The molecule has 0 saturated carbocycles. The van der Waals surface area contributed by atoms with Gasteiger partial charge < -0.3 is 5.32 Å². The fourth-order valence-corrected chi connectivity index (χ4v) is 0.866. The van der Waals surface area contributed by atoms with Gasteiger partial charge in [-0.25, -0.2) is 0 Å². The lowest BCUT2D eigenvalue weighted by Crippen LogP contribution is -2.44. The molecule has 2 nitrogen and oxygen atoms in total. The molecular formula is C8H10F3NO. The largest absolute Gasteiger partial charge is 0.408 e. The van der Waals surface area contributed by atoms with Gasteiger partial charge in [0, 0.05) is 5.57 Å². The molecule has 0 radical (unpaired) electrons. The number of halogens is 3. The van der Waals surface area contributed by atoms with Crippen LogP contribution in [0, 0.1) is 0 Å². The monoisotopic (exact) mass is 193 g/mol. The highest BCUT2D eigenvalue weighted by molar-refractivity contribution is 5.94. The zero-order valence-electron chi connectivity index (χ0n) is 7.11. The first kappa shape index (κ1) is 10.1. The number of rotatable bonds is 2. The van der Waals surface area contributed by atoms with Crippen molar-refractivity contribution >= 4 is 5.91 Å². The lowest BCUT2D eigenvalue weighted by Gasteiger charge is -2.20. The molecule has 0 spiro atoms. The van der Waals surface area contributed by atoms with E-state index in [9.17, 15) is 18.0 Å². The topological polar surface area (TPSA) is 29.1 Å². The second-order valence-electron chi connectivity index (χ2n) is 3.00. The van der Waals surface area contributed by atoms with Crippen LogP contribution in [-0.2, 0) is 4.79 Å². The second-order valence-corrected chi connectivity index (χ2v) is 3.00. The zero-order chi connectivity index (χ0) is 10.1. The number of nitrogens with one attached hydrogen (secondary N) is 1. The molecule has 0 aromatic carbocycles. The molecule has 1 rings (SSSR count). The minimum atomic E-state index is -4.36. The minimum Gasteiger partial charge on any atom is -0.341 e. The summed E-state index contributed by atoms with van der Waals surface area (Å²) in [7, 11) is 0. The van der Waals surface area contributed by atoms with E-state index in [1.54, 1.807) is 6.08 Å². The van der Waals surface area contributed by atoms with Crippen LogP contribution in [0.5, 0.6) is 0 Å². The van der Waals surface area contributed by atoms with Gasteiger partial charge in [-0.05, 0) is 19.8 Å². The van der Waals surface area contributed by atoms with Crippen molar-refractivity contribution in [1.29, 1.82) is 0 Å². The molecule has 13 heavy (non-hydrogen) atoms. The summed E-state index contributed by atoms with van der Waals surface area (Å²) in [5, 5.41) is 1.89.